The highest BCUT2D eigenvalue weighted by Crippen LogP contribution is 2.07. The predicted octanol–water partition coefficient (Wildman–Crippen LogP) is -2.99. The van der Waals surface area contributed by atoms with E-state index >= 15 is 0 Å². The Morgan fingerprint density at radius 3 is 1.80 bits per heavy atom. The summed E-state index contributed by atoms with van der Waals surface area (Å²) in [6, 6.07) is -4.87. The lowest BCUT2D eigenvalue weighted by Crippen LogP contribution is -2.58. The molecule has 0 aliphatic carbocycles. The average Bonchev–Trinajstić information content (AvgIpc) is 2.68. The Balaban J connectivity index is 5.08. The Bertz CT molecular complexity index is 573. The van der Waals surface area contributed by atoms with Crippen molar-refractivity contribution in [2.24, 2.45) is 17.4 Å². The van der Waals surface area contributed by atoms with E-state index in [-0.39, 0.29) is 12.3 Å². The highest BCUT2D eigenvalue weighted by atomic mass is 16.4. The number of aliphatic carboxylic acids is 1. The number of aliphatic hydroxyl groups is 2. The lowest BCUT2D eigenvalue weighted by molar-refractivity contribution is -0.143. The molecule has 0 heterocycles. The van der Waals surface area contributed by atoms with Crippen LogP contribution < -0.4 is 27.4 Å². The maximum absolute atomic E-state index is 12.6. The highest BCUT2D eigenvalue weighted by Gasteiger charge is 2.30. The molecule has 4 unspecified atom stereocenters. The molecule has 30 heavy (non-hydrogen) atoms. The number of amides is 3. The summed E-state index contributed by atoms with van der Waals surface area (Å²) in [6.45, 7) is 2.49. The third-order valence-corrected chi connectivity index (χ3v) is 4.26. The molecule has 0 aromatic rings. The second kappa shape index (κ2) is 14.7. The molecule has 4 atom stereocenters. The van der Waals surface area contributed by atoms with Gasteiger partial charge in [-0.25, -0.2) is 4.79 Å². The quantitative estimate of drug-likeness (QED) is 0.123. The second-order valence-corrected chi connectivity index (χ2v) is 7.41. The number of carbonyl (C=O) groups excluding carboxylic acids is 3. The first-order valence-electron chi connectivity index (χ1n) is 9.88. The van der Waals surface area contributed by atoms with Gasteiger partial charge in [0, 0.05) is 0 Å². The van der Waals surface area contributed by atoms with Gasteiger partial charge in [0.25, 0.3) is 0 Å². The predicted molar refractivity (Wildman–Crippen MR) is 108 cm³/mol. The van der Waals surface area contributed by atoms with E-state index in [1.165, 1.54) is 0 Å². The van der Waals surface area contributed by atoms with Crippen molar-refractivity contribution in [3.8, 4) is 0 Å². The van der Waals surface area contributed by atoms with Crippen LogP contribution in [0.2, 0.25) is 0 Å². The van der Waals surface area contributed by atoms with Crippen molar-refractivity contribution in [1.29, 1.82) is 0 Å². The Hall–Kier alpha value is -2.28. The molecule has 0 aromatic heterocycles. The number of rotatable bonds is 15. The Morgan fingerprint density at radius 2 is 1.33 bits per heavy atom. The Labute approximate surface area is 175 Å². The van der Waals surface area contributed by atoms with Crippen LogP contribution in [0.1, 0.15) is 39.5 Å². The summed E-state index contributed by atoms with van der Waals surface area (Å²) < 4.78 is 0. The number of carboxylic acid groups (broad SMARTS) is 1. The molecule has 0 spiro atoms. The molecule has 0 rings (SSSR count). The largest absolute Gasteiger partial charge is 0.480 e. The zero-order valence-corrected chi connectivity index (χ0v) is 17.5. The van der Waals surface area contributed by atoms with Crippen LogP contribution in [0.5, 0.6) is 0 Å². The fraction of sp³-hybridized carbons (Fsp3) is 0.778. The van der Waals surface area contributed by atoms with Crippen LogP contribution in [0.4, 0.5) is 0 Å². The number of carboxylic acids is 1. The topological polar surface area (TPSA) is 217 Å². The van der Waals surface area contributed by atoms with E-state index < -0.39 is 61.1 Å². The summed E-state index contributed by atoms with van der Waals surface area (Å²) in [7, 11) is 0. The van der Waals surface area contributed by atoms with Gasteiger partial charge in [-0.3, -0.25) is 14.4 Å². The van der Waals surface area contributed by atoms with Crippen LogP contribution >= 0.6 is 0 Å². The molecular formula is C18H35N5O7. The zero-order valence-electron chi connectivity index (χ0n) is 17.5. The van der Waals surface area contributed by atoms with Crippen molar-refractivity contribution >= 4 is 23.7 Å². The summed E-state index contributed by atoms with van der Waals surface area (Å²) in [5, 5.41) is 34.1. The summed E-state index contributed by atoms with van der Waals surface area (Å²) in [4.78, 5) is 48.0. The first-order valence-corrected chi connectivity index (χ1v) is 9.88. The van der Waals surface area contributed by atoms with Crippen LogP contribution in [-0.4, -0.2) is 82.9 Å². The molecule has 0 bridgehead atoms. The number of hydrogen-bond donors (Lipinski definition) is 8. The molecule has 10 N–H and O–H groups in total. The summed E-state index contributed by atoms with van der Waals surface area (Å²) in [5.41, 5.74) is 11.3. The molecule has 0 saturated heterocycles. The van der Waals surface area contributed by atoms with Gasteiger partial charge < -0.3 is 42.7 Å². The fourth-order valence-corrected chi connectivity index (χ4v) is 2.55. The minimum atomic E-state index is -1.58. The van der Waals surface area contributed by atoms with Crippen molar-refractivity contribution in [2.45, 2.75) is 63.7 Å². The molecule has 0 aromatic carbocycles. The number of nitrogens with one attached hydrogen (secondary N) is 3. The molecular weight excluding hydrogens is 398 g/mol. The smallest absolute Gasteiger partial charge is 0.328 e. The lowest BCUT2D eigenvalue weighted by atomic mass is 10.0. The van der Waals surface area contributed by atoms with E-state index in [0.717, 1.165) is 6.42 Å². The Kier molecular flexibility index (Phi) is 13.5. The van der Waals surface area contributed by atoms with Crippen LogP contribution in [0.3, 0.4) is 0 Å². The molecule has 0 radical (unpaired) electrons. The SMILES string of the molecule is CC(C)CC(NC(=O)C(N)CCCCN)C(=O)NC(CO)C(=O)NC(CO)C(=O)O. The van der Waals surface area contributed by atoms with Crippen molar-refractivity contribution in [1.82, 2.24) is 16.0 Å². The van der Waals surface area contributed by atoms with Gasteiger partial charge >= 0.3 is 5.97 Å². The maximum Gasteiger partial charge on any atom is 0.328 e. The number of aliphatic hydroxyl groups excluding tert-OH is 2. The summed E-state index contributed by atoms with van der Waals surface area (Å²) >= 11 is 0. The third-order valence-electron chi connectivity index (χ3n) is 4.26. The Morgan fingerprint density at radius 1 is 0.833 bits per heavy atom. The summed E-state index contributed by atoms with van der Waals surface area (Å²) in [6.07, 6.45) is 2.03. The van der Waals surface area contributed by atoms with Gasteiger partial charge in [-0.1, -0.05) is 20.3 Å². The average molecular weight is 434 g/mol. The van der Waals surface area contributed by atoms with E-state index in [1.807, 2.05) is 19.2 Å². The van der Waals surface area contributed by atoms with Crippen molar-refractivity contribution in [3.63, 3.8) is 0 Å². The normalized spacial score (nSPS) is 15.0. The molecule has 0 aliphatic heterocycles. The van der Waals surface area contributed by atoms with Gasteiger partial charge in [0.2, 0.25) is 17.7 Å². The van der Waals surface area contributed by atoms with Crippen molar-refractivity contribution < 1.29 is 34.5 Å². The fourth-order valence-electron chi connectivity index (χ4n) is 2.55. The van der Waals surface area contributed by atoms with E-state index in [0.29, 0.717) is 19.4 Å². The van der Waals surface area contributed by atoms with Gasteiger partial charge in [0.1, 0.15) is 18.1 Å². The molecule has 0 fully saturated rings. The number of nitrogens with two attached hydrogens (primary N) is 2. The van der Waals surface area contributed by atoms with Crippen LogP contribution in [0.15, 0.2) is 0 Å². The third kappa shape index (κ3) is 10.5. The first-order chi connectivity index (χ1) is 14.1. The number of hydrogen-bond acceptors (Lipinski definition) is 8. The van der Waals surface area contributed by atoms with Crippen molar-refractivity contribution in [3.05, 3.63) is 0 Å². The first kappa shape index (κ1) is 27.7. The number of carbonyl (C=O) groups is 4. The number of unbranched alkanes of at least 4 members (excludes halogenated alkanes) is 1. The monoisotopic (exact) mass is 433 g/mol. The second-order valence-electron chi connectivity index (χ2n) is 7.41. The van der Waals surface area contributed by atoms with E-state index in [9.17, 15) is 24.3 Å². The minimum Gasteiger partial charge on any atom is -0.480 e. The molecule has 12 nitrogen and oxygen atoms in total. The minimum absolute atomic E-state index is 0.0155. The van der Waals surface area contributed by atoms with Gasteiger partial charge in [0.15, 0.2) is 0 Å². The standard InChI is InChI=1S/C18H35N5O7/c1-10(2)7-12(21-15(26)11(20)5-3-4-6-19)16(27)22-13(8-24)17(28)23-14(9-25)18(29)30/h10-14,24-25H,3-9,19-20H2,1-2H3,(H,21,26)(H,22,27)(H,23,28)(H,29,30). The van der Waals surface area contributed by atoms with Crippen LogP contribution in [-0.2, 0) is 19.2 Å². The van der Waals surface area contributed by atoms with Gasteiger partial charge in [-0.15, -0.1) is 0 Å². The van der Waals surface area contributed by atoms with Crippen molar-refractivity contribution in [2.75, 3.05) is 19.8 Å². The molecule has 0 aliphatic rings. The molecule has 174 valence electrons. The molecule has 3 amide bonds. The van der Waals surface area contributed by atoms with Gasteiger partial charge in [0.05, 0.1) is 19.3 Å². The van der Waals surface area contributed by atoms with E-state index in [2.05, 4.69) is 10.6 Å². The van der Waals surface area contributed by atoms with E-state index in [1.54, 1.807) is 0 Å². The van der Waals surface area contributed by atoms with Crippen LogP contribution in [0, 0.1) is 5.92 Å². The highest BCUT2D eigenvalue weighted by molar-refractivity contribution is 5.94. The zero-order chi connectivity index (χ0) is 23.3. The van der Waals surface area contributed by atoms with E-state index in [4.69, 9.17) is 21.7 Å². The summed E-state index contributed by atoms with van der Waals surface area (Å²) in [5.74, 6) is -3.69. The molecule has 0 saturated carbocycles. The molecule has 12 heteroatoms. The van der Waals surface area contributed by atoms with Gasteiger partial charge in [-0.2, -0.15) is 0 Å². The van der Waals surface area contributed by atoms with Gasteiger partial charge in [-0.05, 0) is 31.7 Å². The maximum atomic E-state index is 12.6. The van der Waals surface area contributed by atoms with Crippen LogP contribution in [0.25, 0.3) is 0 Å². The lowest BCUT2D eigenvalue weighted by Gasteiger charge is -2.25.